The molecule has 0 unspecified atom stereocenters. The molecule has 3 aromatic rings. The molecule has 0 aliphatic rings. The van der Waals surface area contributed by atoms with E-state index < -0.39 is 5.82 Å². The van der Waals surface area contributed by atoms with Crippen LogP contribution in [0.1, 0.15) is 23.0 Å². The zero-order valence-electron chi connectivity index (χ0n) is 13.3. The summed E-state index contributed by atoms with van der Waals surface area (Å²) in [6, 6.07) is 9.78. The molecule has 0 fully saturated rings. The van der Waals surface area contributed by atoms with E-state index in [9.17, 15) is 13.6 Å². The molecule has 0 aliphatic carbocycles. The number of rotatable bonds is 4. The maximum Gasteiger partial charge on any atom is 0.259 e. The topological polar surface area (TPSA) is 46.9 Å². The van der Waals surface area contributed by atoms with Crippen LogP contribution in [0.2, 0.25) is 5.02 Å². The zero-order chi connectivity index (χ0) is 18.0. The maximum absolute atomic E-state index is 13.2. The SMILES string of the molecule is CCc1c(C(=O)Nc2ccc(F)c(Cl)c2)cnn1-c1ccc(F)cc1. The Labute approximate surface area is 148 Å². The Hall–Kier alpha value is -2.73. The first-order chi connectivity index (χ1) is 12.0. The Morgan fingerprint density at radius 3 is 2.56 bits per heavy atom. The van der Waals surface area contributed by atoms with Gasteiger partial charge < -0.3 is 5.32 Å². The quantitative estimate of drug-likeness (QED) is 0.737. The molecule has 0 spiro atoms. The minimum atomic E-state index is -0.557. The van der Waals surface area contributed by atoms with Crippen molar-refractivity contribution < 1.29 is 13.6 Å². The summed E-state index contributed by atoms with van der Waals surface area (Å²) in [6.07, 6.45) is 1.99. The average Bonchev–Trinajstić information content (AvgIpc) is 3.03. The van der Waals surface area contributed by atoms with Crippen LogP contribution in [0.15, 0.2) is 48.7 Å². The molecule has 0 aliphatic heterocycles. The fraction of sp³-hybridized carbons (Fsp3) is 0.111. The van der Waals surface area contributed by atoms with Crippen LogP contribution in [0.5, 0.6) is 0 Å². The minimum absolute atomic E-state index is 0.0736. The van der Waals surface area contributed by atoms with E-state index >= 15 is 0 Å². The van der Waals surface area contributed by atoms with Crippen molar-refractivity contribution in [3.05, 3.63) is 76.6 Å². The van der Waals surface area contributed by atoms with E-state index in [4.69, 9.17) is 11.6 Å². The number of benzene rings is 2. The van der Waals surface area contributed by atoms with Crippen molar-refractivity contribution in [2.24, 2.45) is 0 Å². The van der Waals surface area contributed by atoms with Crippen LogP contribution in [0.3, 0.4) is 0 Å². The van der Waals surface area contributed by atoms with E-state index in [1.165, 1.54) is 36.5 Å². The van der Waals surface area contributed by atoms with Gasteiger partial charge in [-0.05, 0) is 48.9 Å². The lowest BCUT2D eigenvalue weighted by Gasteiger charge is -2.09. The minimum Gasteiger partial charge on any atom is -0.322 e. The highest BCUT2D eigenvalue weighted by Crippen LogP contribution is 2.21. The lowest BCUT2D eigenvalue weighted by atomic mass is 10.1. The molecule has 0 saturated heterocycles. The molecule has 0 atom stereocenters. The summed E-state index contributed by atoms with van der Waals surface area (Å²) in [5, 5.41) is 6.83. The molecule has 0 bridgehead atoms. The van der Waals surface area contributed by atoms with Crippen LogP contribution in [0.4, 0.5) is 14.5 Å². The van der Waals surface area contributed by atoms with E-state index in [-0.39, 0.29) is 16.7 Å². The standard InChI is InChI=1S/C18H14ClF2N3O/c1-2-17-14(10-22-24(17)13-6-3-11(20)4-7-13)18(25)23-12-5-8-16(21)15(19)9-12/h3-10H,2H2,1H3,(H,23,25). The Kier molecular flexibility index (Phi) is 4.81. The van der Waals surface area contributed by atoms with Gasteiger partial charge in [-0.25, -0.2) is 13.5 Å². The van der Waals surface area contributed by atoms with Crippen molar-refractivity contribution in [1.29, 1.82) is 0 Å². The third-order valence-electron chi connectivity index (χ3n) is 3.70. The molecule has 1 amide bonds. The molecule has 2 aromatic carbocycles. The number of carbonyl (C=O) groups excluding carboxylic acids is 1. The fourth-order valence-electron chi connectivity index (χ4n) is 2.48. The van der Waals surface area contributed by atoms with Crippen molar-refractivity contribution in [3.63, 3.8) is 0 Å². The normalized spacial score (nSPS) is 10.7. The lowest BCUT2D eigenvalue weighted by molar-refractivity contribution is 0.102. The first-order valence-electron chi connectivity index (χ1n) is 7.59. The molecule has 4 nitrogen and oxygen atoms in total. The third-order valence-corrected chi connectivity index (χ3v) is 3.99. The molecular weight excluding hydrogens is 348 g/mol. The monoisotopic (exact) mass is 361 g/mol. The smallest absolute Gasteiger partial charge is 0.259 e. The van der Waals surface area contributed by atoms with Crippen molar-refractivity contribution in [3.8, 4) is 5.69 Å². The first-order valence-corrected chi connectivity index (χ1v) is 7.96. The van der Waals surface area contributed by atoms with E-state index in [1.807, 2.05) is 6.92 Å². The molecule has 1 aromatic heterocycles. The highest BCUT2D eigenvalue weighted by Gasteiger charge is 2.17. The van der Waals surface area contributed by atoms with Gasteiger partial charge in [0.15, 0.2) is 0 Å². The Morgan fingerprint density at radius 2 is 1.92 bits per heavy atom. The summed E-state index contributed by atoms with van der Waals surface area (Å²) in [6.45, 7) is 1.89. The second kappa shape index (κ2) is 7.03. The number of anilines is 1. The van der Waals surface area contributed by atoms with Gasteiger partial charge in [-0.3, -0.25) is 4.79 Å². The van der Waals surface area contributed by atoms with Gasteiger partial charge in [0.05, 0.1) is 28.2 Å². The summed E-state index contributed by atoms with van der Waals surface area (Å²) in [4.78, 5) is 12.5. The van der Waals surface area contributed by atoms with Gasteiger partial charge >= 0.3 is 0 Å². The number of carbonyl (C=O) groups is 1. The van der Waals surface area contributed by atoms with Gasteiger partial charge in [-0.2, -0.15) is 5.10 Å². The van der Waals surface area contributed by atoms with Gasteiger partial charge in [0.1, 0.15) is 11.6 Å². The van der Waals surface area contributed by atoms with Crippen molar-refractivity contribution in [2.45, 2.75) is 13.3 Å². The largest absolute Gasteiger partial charge is 0.322 e. The van der Waals surface area contributed by atoms with Crippen LogP contribution in [-0.4, -0.2) is 15.7 Å². The second-order valence-corrected chi connectivity index (χ2v) is 5.74. The number of hydrogen-bond acceptors (Lipinski definition) is 2. The van der Waals surface area contributed by atoms with E-state index in [2.05, 4.69) is 10.4 Å². The molecule has 128 valence electrons. The Morgan fingerprint density at radius 1 is 1.20 bits per heavy atom. The molecule has 1 heterocycles. The highest BCUT2D eigenvalue weighted by molar-refractivity contribution is 6.31. The molecule has 25 heavy (non-hydrogen) atoms. The molecule has 3 rings (SSSR count). The van der Waals surface area contributed by atoms with Gasteiger partial charge in [-0.1, -0.05) is 18.5 Å². The van der Waals surface area contributed by atoms with E-state index in [1.54, 1.807) is 16.8 Å². The first kappa shape index (κ1) is 17.1. The third kappa shape index (κ3) is 3.53. The predicted octanol–water partition coefficient (Wildman–Crippen LogP) is 4.62. The zero-order valence-corrected chi connectivity index (χ0v) is 14.0. The summed E-state index contributed by atoms with van der Waals surface area (Å²) in [7, 11) is 0. The maximum atomic E-state index is 13.2. The van der Waals surface area contributed by atoms with Crippen LogP contribution in [0.25, 0.3) is 5.69 Å². The second-order valence-electron chi connectivity index (χ2n) is 5.33. The Balaban J connectivity index is 1.90. The van der Waals surface area contributed by atoms with Gasteiger partial charge in [0.25, 0.3) is 5.91 Å². The molecular formula is C18H14ClF2N3O. The Bertz CT molecular complexity index is 923. The number of halogens is 3. The summed E-state index contributed by atoms with van der Waals surface area (Å²) in [5.41, 5.74) is 2.10. The average molecular weight is 362 g/mol. The van der Waals surface area contributed by atoms with Crippen LogP contribution in [-0.2, 0) is 6.42 Å². The van der Waals surface area contributed by atoms with E-state index in [0.717, 1.165) is 0 Å². The molecule has 0 saturated carbocycles. The number of nitrogens with zero attached hydrogens (tertiary/aromatic N) is 2. The summed E-state index contributed by atoms with van der Waals surface area (Å²) in [5.74, 6) is -1.29. The lowest BCUT2D eigenvalue weighted by Crippen LogP contribution is -2.14. The van der Waals surface area contributed by atoms with Gasteiger partial charge in [0.2, 0.25) is 0 Å². The van der Waals surface area contributed by atoms with Gasteiger partial charge in [-0.15, -0.1) is 0 Å². The molecule has 1 N–H and O–H groups in total. The predicted molar refractivity (Wildman–Crippen MR) is 92.3 cm³/mol. The molecule has 7 heteroatoms. The number of nitrogens with one attached hydrogen (secondary N) is 1. The summed E-state index contributed by atoms with van der Waals surface area (Å²) < 4.78 is 27.9. The van der Waals surface area contributed by atoms with Crippen LogP contribution in [0, 0.1) is 11.6 Å². The number of aromatic nitrogens is 2. The number of amides is 1. The summed E-state index contributed by atoms with van der Waals surface area (Å²) >= 11 is 5.73. The number of hydrogen-bond donors (Lipinski definition) is 1. The van der Waals surface area contributed by atoms with Gasteiger partial charge in [0, 0.05) is 5.69 Å². The fourth-order valence-corrected chi connectivity index (χ4v) is 2.66. The van der Waals surface area contributed by atoms with Crippen LogP contribution >= 0.6 is 11.6 Å². The van der Waals surface area contributed by atoms with Crippen molar-refractivity contribution >= 4 is 23.2 Å². The van der Waals surface area contributed by atoms with Crippen molar-refractivity contribution in [1.82, 2.24) is 9.78 Å². The van der Waals surface area contributed by atoms with Crippen molar-refractivity contribution in [2.75, 3.05) is 5.32 Å². The van der Waals surface area contributed by atoms with Crippen LogP contribution < -0.4 is 5.32 Å². The van der Waals surface area contributed by atoms with E-state index in [0.29, 0.717) is 29.1 Å². The molecule has 0 radical (unpaired) electrons. The highest BCUT2D eigenvalue weighted by atomic mass is 35.5.